The van der Waals surface area contributed by atoms with Crippen LogP contribution in [0.5, 0.6) is 0 Å². The number of hydrogen-bond acceptors (Lipinski definition) is 3. The minimum Gasteiger partial charge on any atom is -0.323 e. The zero-order valence-electron chi connectivity index (χ0n) is 8.05. The smallest absolute Gasteiger partial charge is 0.205 e. The average molecular weight is 198 g/mol. The molecular formula is C12H10N2O. The molecule has 2 aromatic rings. The van der Waals surface area contributed by atoms with Gasteiger partial charge >= 0.3 is 0 Å². The molecule has 0 aliphatic heterocycles. The lowest BCUT2D eigenvalue weighted by molar-refractivity contribution is 0.107. The molecule has 0 heterocycles. The molecule has 0 unspecified atom stereocenters. The van der Waals surface area contributed by atoms with E-state index in [0.29, 0.717) is 5.56 Å². The van der Waals surface area contributed by atoms with Crippen molar-refractivity contribution in [2.45, 2.75) is 0 Å². The van der Waals surface area contributed by atoms with Crippen molar-refractivity contribution in [3.63, 3.8) is 0 Å². The van der Waals surface area contributed by atoms with E-state index >= 15 is 0 Å². The second-order valence-electron chi connectivity index (χ2n) is 3.20. The van der Waals surface area contributed by atoms with Crippen LogP contribution in [0.3, 0.4) is 0 Å². The predicted octanol–water partition coefficient (Wildman–Crippen LogP) is 1.97. The molecule has 0 saturated carbocycles. The lowest BCUT2D eigenvalue weighted by atomic mass is 10.1. The quantitative estimate of drug-likeness (QED) is 0.347. The van der Waals surface area contributed by atoms with Crippen LogP contribution in [-0.2, 0) is 0 Å². The Bertz CT molecular complexity index is 532. The SMILES string of the molecule is NN=CC(=O)c1ccc2ccccc2c1. The molecule has 0 bridgehead atoms. The third kappa shape index (κ3) is 1.86. The van der Waals surface area contributed by atoms with Gasteiger partial charge in [0.05, 0.1) is 6.21 Å². The van der Waals surface area contributed by atoms with Crippen LogP contribution in [-0.4, -0.2) is 12.0 Å². The molecule has 0 spiro atoms. The van der Waals surface area contributed by atoms with E-state index in [1.54, 1.807) is 6.07 Å². The van der Waals surface area contributed by atoms with Crippen molar-refractivity contribution in [2.75, 3.05) is 0 Å². The number of Topliss-reactive ketones (excluding diaryl/α,β-unsaturated/α-hetero) is 1. The lowest BCUT2D eigenvalue weighted by Gasteiger charge is -1.99. The van der Waals surface area contributed by atoms with E-state index in [-0.39, 0.29) is 5.78 Å². The van der Waals surface area contributed by atoms with E-state index in [1.807, 2.05) is 36.4 Å². The van der Waals surface area contributed by atoms with Crippen molar-refractivity contribution in [2.24, 2.45) is 10.9 Å². The number of ketones is 1. The lowest BCUT2D eigenvalue weighted by Crippen LogP contribution is -2.01. The number of hydrogen-bond donors (Lipinski definition) is 1. The molecule has 0 aliphatic carbocycles. The monoisotopic (exact) mass is 198 g/mol. The number of carbonyl (C=O) groups is 1. The van der Waals surface area contributed by atoms with Crippen molar-refractivity contribution < 1.29 is 4.79 Å². The summed E-state index contributed by atoms with van der Waals surface area (Å²) in [4.78, 5) is 11.5. The summed E-state index contributed by atoms with van der Waals surface area (Å²) in [6, 6.07) is 13.4. The highest BCUT2D eigenvalue weighted by Gasteiger charge is 2.02. The Morgan fingerprint density at radius 3 is 2.60 bits per heavy atom. The standard InChI is InChI=1S/C12H10N2O/c13-14-8-12(15)11-6-5-9-3-1-2-4-10(9)7-11/h1-8H,13H2. The molecule has 2 rings (SSSR count). The number of carbonyl (C=O) groups excluding carboxylic acids is 1. The number of nitrogens with zero attached hydrogens (tertiary/aromatic N) is 1. The Morgan fingerprint density at radius 1 is 1.13 bits per heavy atom. The fraction of sp³-hybridized carbons (Fsp3) is 0. The largest absolute Gasteiger partial charge is 0.323 e. The van der Waals surface area contributed by atoms with Crippen LogP contribution in [0.15, 0.2) is 47.6 Å². The Morgan fingerprint density at radius 2 is 1.87 bits per heavy atom. The molecule has 74 valence electrons. The van der Waals surface area contributed by atoms with E-state index < -0.39 is 0 Å². The molecule has 0 aliphatic rings. The van der Waals surface area contributed by atoms with Crippen LogP contribution in [0.2, 0.25) is 0 Å². The second-order valence-corrected chi connectivity index (χ2v) is 3.20. The van der Waals surface area contributed by atoms with Crippen molar-refractivity contribution in [1.29, 1.82) is 0 Å². The molecule has 0 amide bonds. The van der Waals surface area contributed by atoms with E-state index in [1.165, 1.54) is 0 Å². The third-order valence-corrected chi connectivity index (χ3v) is 2.23. The molecule has 2 N–H and O–H groups in total. The minimum atomic E-state index is -0.178. The molecule has 3 heteroatoms. The highest BCUT2D eigenvalue weighted by Crippen LogP contribution is 2.15. The maximum atomic E-state index is 11.5. The molecule has 0 fully saturated rings. The fourth-order valence-electron chi connectivity index (χ4n) is 1.48. The molecule has 0 saturated heterocycles. The van der Waals surface area contributed by atoms with Crippen LogP contribution in [0.4, 0.5) is 0 Å². The maximum Gasteiger partial charge on any atom is 0.205 e. The van der Waals surface area contributed by atoms with Crippen LogP contribution in [0.1, 0.15) is 10.4 Å². The van der Waals surface area contributed by atoms with Gasteiger partial charge in [0.1, 0.15) is 0 Å². The Kier molecular flexibility index (Phi) is 2.46. The number of nitrogens with two attached hydrogens (primary N) is 1. The Balaban J connectivity index is 2.51. The summed E-state index contributed by atoms with van der Waals surface area (Å²) in [5, 5.41) is 5.36. The van der Waals surface area contributed by atoms with Gasteiger partial charge in [-0.25, -0.2) is 0 Å². The summed E-state index contributed by atoms with van der Waals surface area (Å²) >= 11 is 0. The van der Waals surface area contributed by atoms with E-state index in [0.717, 1.165) is 17.0 Å². The fourth-order valence-corrected chi connectivity index (χ4v) is 1.48. The van der Waals surface area contributed by atoms with E-state index in [9.17, 15) is 4.79 Å². The molecule has 0 atom stereocenters. The number of hydrazone groups is 1. The number of rotatable bonds is 2. The van der Waals surface area contributed by atoms with Crippen LogP contribution < -0.4 is 5.84 Å². The summed E-state index contributed by atoms with van der Waals surface area (Å²) in [5.41, 5.74) is 0.600. The maximum absolute atomic E-state index is 11.5. The molecule has 15 heavy (non-hydrogen) atoms. The first-order valence-electron chi connectivity index (χ1n) is 4.57. The summed E-state index contributed by atoms with van der Waals surface area (Å²) in [5.74, 6) is 4.75. The first-order chi connectivity index (χ1) is 7.31. The first kappa shape index (κ1) is 9.40. The highest BCUT2D eigenvalue weighted by molar-refractivity contribution is 6.35. The molecular weight excluding hydrogens is 188 g/mol. The van der Waals surface area contributed by atoms with Crippen LogP contribution >= 0.6 is 0 Å². The Hall–Kier alpha value is -2.16. The molecule has 0 aromatic heterocycles. The van der Waals surface area contributed by atoms with Crippen molar-refractivity contribution in [1.82, 2.24) is 0 Å². The summed E-state index contributed by atoms with van der Waals surface area (Å²) < 4.78 is 0. The molecule has 3 nitrogen and oxygen atoms in total. The second kappa shape index (κ2) is 3.92. The normalized spacial score (nSPS) is 10.9. The predicted molar refractivity (Wildman–Crippen MR) is 61.0 cm³/mol. The van der Waals surface area contributed by atoms with Gasteiger partial charge in [-0.05, 0) is 16.8 Å². The third-order valence-electron chi connectivity index (χ3n) is 2.23. The first-order valence-corrected chi connectivity index (χ1v) is 4.57. The van der Waals surface area contributed by atoms with Gasteiger partial charge in [0.15, 0.2) is 0 Å². The molecule has 2 aromatic carbocycles. The minimum absolute atomic E-state index is 0.178. The Labute approximate surface area is 87.2 Å². The summed E-state index contributed by atoms with van der Waals surface area (Å²) in [6.45, 7) is 0. The van der Waals surface area contributed by atoms with Crippen LogP contribution in [0, 0.1) is 0 Å². The molecule has 0 radical (unpaired) electrons. The number of benzene rings is 2. The zero-order chi connectivity index (χ0) is 10.7. The highest BCUT2D eigenvalue weighted by atomic mass is 16.1. The van der Waals surface area contributed by atoms with Crippen molar-refractivity contribution >= 4 is 22.8 Å². The van der Waals surface area contributed by atoms with Crippen molar-refractivity contribution in [3.05, 3.63) is 48.0 Å². The summed E-state index contributed by atoms with van der Waals surface area (Å²) in [7, 11) is 0. The van der Waals surface area contributed by atoms with Crippen LogP contribution in [0.25, 0.3) is 10.8 Å². The van der Waals surface area contributed by atoms with Gasteiger partial charge in [0.2, 0.25) is 5.78 Å². The topological polar surface area (TPSA) is 55.4 Å². The van der Waals surface area contributed by atoms with Crippen molar-refractivity contribution in [3.8, 4) is 0 Å². The van der Waals surface area contributed by atoms with Gasteiger partial charge in [0, 0.05) is 5.56 Å². The van der Waals surface area contributed by atoms with Gasteiger partial charge in [-0.2, -0.15) is 5.10 Å². The van der Waals surface area contributed by atoms with E-state index in [4.69, 9.17) is 5.84 Å². The zero-order valence-corrected chi connectivity index (χ0v) is 8.05. The van der Waals surface area contributed by atoms with Gasteiger partial charge in [0.25, 0.3) is 0 Å². The van der Waals surface area contributed by atoms with Gasteiger partial charge < -0.3 is 5.84 Å². The number of fused-ring (bicyclic) bond motifs is 1. The summed E-state index contributed by atoms with van der Waals surface area (Å²) in [6.07, 6.45) is 1.12. The van der Waals surface area contributed by atoms with E-state index in [2.05, 4.69) is 5.10 Å². The average Bonchev–Trinajstić information content (AvgIpc) is 2.29. The van der Waals surface area contributed by atoms with Gasteiger partial charge in [-0.1, -0.05) is 36.4 Å². The van der Waals surface area contributed by atoms with Gasteiger partial charge in [-0.3, -0.25) is 4.79 Å². The van der Waals surface area contributed by atoms with Gasteiger partial charge in [-0.15, -0.1) is 0 Å².